The summed E-state index contributed by atoms with van der Waals surface area (Å²) in [5, 5.41) is 4.39. The van der Waals surface area contributed by atoms with E-state index in [2.05, 4.69) is 34.3 Å². The van der Waals surface area contributed by atoms with E-state index in [-0.39, 0.29) is 6.04 Å². The fourth-order valence-electron chi connectivity index (χ4n) is 3.02. The minimum atomic E-state index is -3.25. The minimum absolute atomic E-state index is 0.0937. The van der Waals surface area contributed by atoms with Gasteiger partial charge in [-0.3, -0.25) is 0 Å². The summed E-state index contributed by atoms with van der Waals surface area (Å²) in [6, 6.07) is 19.3. The van der Waals surface area contributed by atoms with Crippen LogP contribution in [0, 0.1) is 0 Å². The quantitative estimate of drug-likeness (QED) is 0.506. The number of anilines is 1. The molecule has 0 amide bonds. The van der Waals surface area contributed by atoms with Crippen LogP contribution in [-0.2, 0) is 9.84 Å². The Labute approximate surface area is 168 Å². The third-order valence-electron chi connectivity index (χ3n) is 4.53. The molecule has 0 saturated heterocycles. The smallest absolute Gasteiger partial charge is 0.175 e. The lowest BCUT2D eigenvalue weighted by Crippen LogP contribution is -2.08. The van der Waals surface area contributed by atoms with E-state index >= 15 is 0 Å². The van der Waals surface area contributed by atoms with Gasteiger partial charge in [-0.15, -0.1) is 11.3 Å². The maximum atomic E-state index is 11.9. The molecule has 2 heterocycles. The summed E-state index contributed by atoms with van der Waals surface area (Å²) in [6.07, 6.45) is 2.77. The molecule has 1 N–H and O–H groups in total. The van der Waals surface area contributed by atoms with Crippen molar-refractivity contribution < 1.29 is 8.42 Å². The Kier molecular flexibility index (Phi) is 4.87. The van der Waals surface area contributed by atoms with E-state index in [0.29, 0.717) is 4.90 Å². The molecule has 2 aromatic heterocycles. The normalized spacial score (nSPS) is 12.8. The molecule has 1 atom stereocenters. The zero-order chi connectivity index (χ0) is 19.7. The van der Waals surface area contributed by atoms with Crippen LogP contribution in [0.2, 0.25) is 0 Å². The van der Waals surface area contributed by atoms with Gasteiger partial charge in [0.2, 0.25) is 0 Å². The van der Waals surface area contributed by atoms with Gasteiger partial charge in [-0.05, 0) is 36.2 Å². The summed E-state index contributed by atoms with van der Waals surface area (Å²) < 4.78 is 23.7. The predicted octanol–water partition coefficient (Wildman–Crippen LogP) is 4.93. The standard InChI is InChI=1S/C21H19N3O2S2/c1-14(15-7-4-3-5-8-15)24-20-18-12-19(27-21(18)23-13-22-20)16-9-6-10-17(11-16)28(2,25)26/h3-14H,1-2H3,(H,22,23,24)/t14-/m1/s1. The number of benzene rings is 2. The van der Waals surface area contributed by atoms with Crippen LogP contribution in [0.3, 0.4) is 0 Å². The molecule has 4 rings (SSSR count). The highest BCUT2D eigenvalue weighted by molar-refractivity contribution is 7.90. The van der Waals surface area contributed by atoms with Gasteiger partial charge >= 0.3 is 0 Å². The Balaban J connectivity index is 1.72. The molecular formula is C21H19N3O2S2. The van der Waals surface area contributed by atoms with Crippen molar-refractivity contribution in [3.8, 4) is 10.4 Å². The first-order valence-electron chi connectivity index (χ1n) is 8.78. The Morgan fingerprint density at radius 3 is 2.54 bits per heavy atom. The van der Waals surface area contributed by atoms with Gasteiger partial charge in [0, 0.05) is 17.2 Å². The first-order valence-corrected chi connectivity index (χ1v) is 11.5. The van der Waals surface area contributed by atoms with Gasteiger partial charge in [-0.25, -0.2) is 18.4 Å². The summed E-state index contributed by atoms with van der Waals surface area (Å²) >= 11 is 1.52. The van der Waals surface area contributed by atoms with Crippen LogP contribution in [0.5, 0.6) is 0 Å². The van der Waals surface area contributed by atoms with Crippen molar-refractivity contribution in [2.45, 2.75) is 17.9 Å². The zero-order valence-electron chi connectivity index (χ0n) is 15.5. The van der Waals surface area contributed by atoms with Crippen molar-refractivity contribution >= 4 is 37.2 Å². The van der Waals surface area contributed by atoms with Crippen LogP contribution in [0.4, 0.5) is 5.82 Å². The van der Waals surface area contributed by atoms with E-state index in [1.165, 1.54) is 23.2 Å². The molecule has 2 aromatic carbocycles. The molecule has 0 fully saturated rings. The van der Waals surface area contributed by atoms with Gasteiger partial charge in [-0.2, -0.15) is 0 Å². The molecule has 0 aliphatic rings. The number of rotatable bonds is 5. The van der Waals surface area contributed by atoms with Crippen molar-refractivity contribution in [2.75, 3.05) is 11.6 Å². The fourth-order valence-corrected chi connectivity index (χ4v) is 4.69. The molecule has 5 nitrogen and oxygen atoms in total. The Morgan fingerprint density at radius 1 is 1.00 bits per heavy atom. The third kappa shape index (κ3) is 3.76. The number of hydrogen-bond acceptors (Lipinski definition) is 6. The number of aromatic nitrogens is 2. The van der Waals surface area contributed by atoms with Crippen molar-refractivity contribution in [3.05, 3.63) is 72.6 Å². The summed E-state index contributed by atoms with van der Waals surface area (Å²) in [4.78, 5) is 10.9. The molecule has 142 valence electrons. The second kappa shape index (κ2) is 7.33. The Bertz CT molecular complexity index is 1230. The number of sulfone groups is 1. The van der Waals surface area contributed by atoms with Crippen molar-refractivity contribution in [1.82, 2.24) is 9.97 Å². The molecule has 0 saturated carbocycles. The molecule has 0 unspecified atom stereocenters. The average molecular weight is 410 g/mol. The number of nitrogens with one attached hydrogen (secondary N) is 1. The predicted molar refractivity (Wildman–Crippen MR) is 114 cm³/mol. The van der Waals surface area contributed by atoms with E-state index in [0.717, 1.165) is 26.5 Å². The van der Waals surface area contributed by atoms with Crippen LogP contribution < -0.4 is 5.32 Å². The van der Waals surface area contributed by atoms with E-state index in [1.807, 2.05) is 30.3 Å². The van der Waals surface area contributed by atoms with E-state index in [4.69, 9.17) is 0 Å². The van der Waals surface area contributed by atoms with Crippen LogP contribution in [-0.4, -0.2) is 24.6 Å². The SMILES string of the molecule is C[C@@H](Nc1ncnc2sc(-c3cccc(S(C)(=O)=O)c3)cc12)c1ccccc1. The van der Waals surface area contributed by atoms with E-state index in [9.17, 15) is 8.42 Å². The second-order valence-electron chi connectivity index (χ2n) is 6.63. The van der Waals surface area contributed by atoms with Gasteiger partial charge in [0.05, 0.1) is 10.3 Å². The van der Waals surface area contributed by atoms with Crippen molar-refractivity contribution in [2.24, 2.45) is 0 Å². The molecule has 0 aliphatic heterocycles. The molecule has 28 heavy (non-hydrogen) atoms. The van der Waals surface area contributed by atoms with E-state index in [1.54, 1.807) is 24.5 Å². The highest BCUT2D eigenvalue weighted by atomic mass is 32.2. The molecule has 0 bridgehead atoms. The molecular weight excluding hydrogens is 390 g/mol. The maximum absolute atomic E-state index is 11.9. The van der Waals surface area contributed by atoms with Gasteiger partial charge in [0.25, 0.3) is 0 Å². The van der Waals surface area contributed by atoms with Crippen molar-refractivity contribution in [1.29, 1.82) is 0 Å². The zero-order valence-corrected chi connectivity index (χ0v) is 17.1. The molecule has 7 heteroatoms. The molecule has 4 aromatic rings. The number of thiophene rings is 1. The summed E-state index contributed by atoms with van der Waals surface area (Å²) in [5.74, 6) is 0.767. The molecule has 0 spiro atoms. The molecule has 0 aliphatic carbocycles. The number of nitrogens with zero attached hydrogens (tertiary/aromatic N) is 2. The highest BCUT2D eigenvalue weighted by Gasteiger charge is 2.14. The summed E-state index contributed by atoms with van der Waals surface area (Å²) in [6.45, 7) is 2.09. The fraction of sp³-hybridized carbons (Fsp3) is 0.143. The van der Waals surface area contributed by atoms with E-state index < -0.39 is 9.84 Å². The molecule has 0 radical (unpaired) electrons. The maximum Gasteiger partial charge on any atom is 0.175 e. The van der Waals surface area contributed by atoms with Gasteiger partial charge < -0.3 is 5.32 Å². The lowest BCUT2D eigenvalue weighted by Gasteiger charge is -2.15. The second-order valence-corrected chi connectivity index (χ2v) is 9.67. The van der Waals surface area contributed by atoms with Crippen LogP contribution in [0.1, 0.15) is 18.5 Å². The van der Waals surface area contributed by atoms with Crippen LogP contribution in [0.15, 0.2) is 71.9 Å². The lowest BCUT2D eigenvalue weighted by molar-refractivity contribution is 0.602. The minimum Gasteiger partial charge on any atom is -0.363 e. The summed E-state index contributed by atoms with van der Waals surface area (Å²) in [5.41, 5.74) is 2.03. The first kappa shape index (κ1) is 18.6. The van der Waals surface area contributed by atoms with Crippen LogP contribution in [0.25, 0.3) is 20.7 Å². The number of fused-ring (bicyclic) bond motifs is 1. The Morgan fingerprint density at radius 2 is 1.79 bits per heavy atom. The van der Waals surface area contributed by atoms with Gasteiger partial charge in [0.1, 0.15) is 17.0 Å². The first-order chi connectivity index (χ1) is 13.4. The highest BCUT2D eigenvalue weighted by Crippen LogP contribution is 2.36. The van der Waals surface area contributed by atoms with Crippen molar-refractivity contribution in [3.63, 3.8) is 0 Å². The average Bonchev–Trinajstić information content (AvgIpc) is 3.13. The lowest BCUT2D eigenvalue weighted by atomic mass is 10.1. The van der Waals surface area contributed by atoms with Gasteiger partial charge in [0.15, 0.2) is 9.84 Å². The van der Waals surface area contributed by atoms with Gasteiger partial charge in [-0.1, -0.05) is 42.5 Å². The third-order valence-corrected chi connectivity index (χ3v) is 6.73. The Hall–Kier alpha value is -2.77. The summed E-state index contributed by atoms with van der Waals surface area (Å²) in [7, 11) is -3.25. The largest absolute Gasteiger partial charge is 0.363 e. The monoisotopic (exact) mass is 409 g/mol. The number of hydrogen-bond donors (Lipinski definition) is 1. The van der Waals surface area contributed by atoms with Crippen LogP contribution >= 0.6 is 11.3 Å². The topological polar surface area (TPSA) is 72.0 Å².